The average Bonchev–Trinajstić information content (AvgIpc) is 3.00. The number of hydrogen-bond acceptors (Lipinski definition) is 7. The van der Waals surface area contributed by atoms with E-state index in [2.05, 4.69) is 14.2 Å². The number of fused-ring (bicyclic) bond motifs is 1. The maximum absolute atomic E-state index is 10.9. The molecule has 3 atom stereocenters. The van der Waals surface area contributed by atoms with Crippen molar-refractivity contribution in [3.63, 3.8) is 0 Å². The number of rotatable bonds is 4. The highest BCUT2D eigenvalue weighted by Gasteiger charge is 2.35. The van der Waals surface area contributed by atoms with Gasteiger partial charge in [-0.1, -0.05) is 0 Å². The minimum absolute atomic E-state index is 0.0177. The van der Waals surface area contributed by atoms with E-state index >= 15 is 0 Å². The zero-order valence-corrected chi connectivity index (χ0v) is 12.5. The molecular weight excluding hydrogens is 310 g/mol. The Morgan fingerprint density at radius 1 is 1.41 bits per heavy atom. The van der Waals surface area contributed by atoms with Crippen LogP contribution in [0.2, 0.25) is 0 Å². The van der Waals surface area contributed by atoms with E-state index in [4.69, 9.17) is 10.9 Å². The van der Waals surface area contributed by atoms with Crippen LogP contribution in [0, 0.1) is 5.92 Å². The predicted octanol–water partition coefficient (Wildman–Crippen LogP) is -0.454. The van der Waals surface area contributed by atoms with E-state index in [-0.39, 0.29) is 18.6 Å². The molecule has 5 N–H and O–H groups in total. The lowest BCUT2D eigenvalue weighted by Crippen LogP contribution is -2.24. The van der Waals surface area contributed by atoms with E-state index in [1.807, 2.05) is 16.8 Å². The lowest BCUT2D eigenvalue weighted by atomic mass is 10.1. The van der Waals surface area contributed by atoms with Gasteiger partial charge in [-0.15, -0.1) is 0 Å². The summed E-state index contributed by atoms with van der Waals surface area (Å²) >= 11 is 0. The first-order chi connectivity index (χ1) is 10.3. The molecule has 120 valence electrons. The molecule has 1 aliphatic rings. The lowest BCUT2D eigenvalue weighted by molar-refractivity contribution is 0.100. The summed E-state index contributed by atoms with van der Waals surface area (Å²) < 4.78 is 28.2. The van der Waals surface area contributed by atoms with E-state index in [0.29, 0.717) is 24.3 Å². The van der Waals surface area contributed by atoms with Crippen LogP contribution in [0.15, 0.2) is 18.6 Å². The van der Waals surface area contributed by atoms with Crippen molar-refractivity contribution in [2.45, 2.75) is 25.0 Å². The fourth-order valence-corrected chi connectivity index (χ4v) is 3.31. The van der Waals surface area contributed by atoms with Gasteiger partial charge >= 0.3 is 10.3 Å². The van der Waals surface area contributed by atoms with E-state index in [9.17, 15) is 13.5 Å². The summed E-state index contributed by atoms with van der Waals surface area (Å²) in [6, 6.07) is 1.81. The van der Waals surface area contributed by atoms with Gasteiger partial charge in [-0.2, -0.15) is 8.42 Å². The van der Waals surface area contributed by atoms with Crippen molar-refractivity contribution in [3.8, 4) is 0 Å². The molecule has 2 aromatic rings. The Morgan fingerprint density at radius 2 is 2.18 bits per heavy atom. The molecule has 0 aromatic carbocycles. The average molecular weight is 327 g/mol. The lowest BCUT2D eigenvalue weighted by Gasteiger charge is -2.14. The molecule has 0 amide bonds. The van der Waals surface area contributed by atoms with E-state index in [1.54, 1.807) is 0 Å². The number of aliphatic hydroxyl groups excluding tert-OH is 1. The van der Waals surface area contributed by atoms with Crippen LogP contribution < -0.4 is 10.9 Å². The molecule has 0 saturated heterocycles. The van der Waals surface area contributed by atoms with Crippen LogP contribution in [0.5, 0.6) is 0 Å². The molecule has 2 heterocycles. The summed E-state index contributed by atoms with van der Waals surface area (Å²) in [5, 5.41) is 15.7. The Labute approximate surface area is 127 Å². The molecule has 1 saturated carbocycles. The third-order valence-electron chi connectivity index (χ3n) is 4.01. The zero-order valence-electron chi connectivity index (χ0n) is 11.7. The molecule has 1 aliphatic carbocycles. The van der Waals surface area contributed by atoms with Crippen LogP contribution in [0.25, 0.3) is 11.0 Å². The van der Waals surface area contributed by atoms with Crippen molar-refractivity contribution >= 4 is 27.2 Å². The van der Waals surface area contributed by atoms with Crippen molar-refractivity contribution < 1.29 is 17.7 Å². The largest absolute Gasteiger partial charge is 0.393 e. The molecule has 1 fully saturated rings. The van der Waals surface area contributed by atoms with Crippen molar-refractivity contribution in [2.24, 2.45) is 11.1 Å². The van der Waals surface area contributed by atoms with Gasteiger partial charge in [0.25, 0.3) is 0 Å². The molecule has 9 nitrogen and oxygen atoms in total. The molecule has 0 spiro atoms. The molecule has 3 rings (SSSR count). The summed E-state index contributed by atoms with van der Waals surface area (Å²) in [5.74, 6) is 0.0939. The number of aromatic nitrogens is 3. The van der Waals surface area contributed by atoms with Gasteiger partial charge in [0.2, 0.25) is 0 Å². The molecule has 22 heavy (non-hydrogen) atoms. The Morgan fingerprint density at radius 3 is 2.91 bits per heavy atom. The van der Waals surface area contributed by atoms with Gasteiger partial charge in [0.1, 0.15) is 17.8 Å². The zero-order chi connectivity index (χ0) is 15.9. The van der Waals surface area contributed by atoms with Crippen LogP contribution >= 0.6 is 0 Å². The number of anilines is 1. The highest BCUT2D eigenvalue weighted by molar-refractivity contribution is 7.84. The van der Waals surface area contributed by atoms with Crippen LogP contribution in [0.1, 0.15) is 18.9 Å². The Kier molecular flexibility index (Phi) is 3.77. The van der Waals surface area contributed by atoms with Crippen molar-refractivity contribution in [3.05, 3.63) is 18.6 Å². The van der Waals surface area contributed by atoms with Crippen LogP contribution in [-0.2, 0) is 14.5 Å². The standard InChI is InChI=1S/C12H17N5O4S/c13-11-9-1-2-17(12(9)16-6-15-11)8-3-7(10(18)4-8)5-21-22(14,19)20/h1-2,6-8,10,18H,3-5H2,(H2,13,15,16)(H2,14,19,20)/t7-,8+,10-/m0/s1. The number of nitrogens with zero attached hydrogens (tertiary/aromatic N) is 3. The summed E-state index contributed by atoms with van der Waals surface area (Å²) in [7, 11) is -4.00. The fraction of sp³-hybridized carbons (Fsp3) is 0.500. The van der Waals surface area contributed by atoms with Crippen LogP contribution in [0.4, 0.5) is 5.82 Å². The normalized spacial score (nSPS) is 25.8. The van der Waals surface area contributed by atoms with Gasteiger partial charge in [-0.25, -0.2) is 15.1 Å². The second-order valence-corrected chi connectivity index (χ2v) is 6.67. The van der Waals surface area contributed by atoms with Gasteiger partial charge in [0.15, 0.2) is 0 Å². The third kappa shape index (κ3) is 2.90. The van der Waals surface area contributed by atoms with Gasteiger partial charge in [0, 0.05) is 18.2 Å². The van der Waals surface area contributed by atoms with Crippen LogP contribution in [0.3, 0.4) is 0 Å². The first-order valence-corrected chi connectivity index (χ1v) is 8.24. The minimum Gasteiger partial charge on any atom is -0.393 e. The molecule has 2 aromatic heterocycles. The summed E-state index contributed by atoms with van der Waals surface area (Å²) in [4.78, 5) is 8.16. The Bertz CT molecular complexity index is 790. The molecular formula is C12H17N5O4S. The van der Waals surface area contributed by atoms with Gasteiger partial charge in [-0.3, -0.25) is 4.18 Å². The maximum Gasteiger partial charge on any atom is 0.333 e. The second kappa shape index (κ2) is 5.47. The monoisotopic (exact) mass is 327 g/mol. The third-order valence-corrected chi connectivity index (χ3v) is 4.48. The number of hydrogen-bond donors (Lipinski definition) is 3. The van der Waals surface area contributed by atoms with Gasteiger partial charge < -0.3 is 15.4 Å². The predicted molar refractivity (Wildman–Crippen MR) is 78.8 cm³/mol. The summed E-state index contributed by atoms with van der Waals surface area (Å²) in [6.45, 7) is -0.132. The van der Waals surface area contributed by atoms with Gasteiger partial charge in [-0.05, 0) is 18.9 Å². The topological polar surface area (TPSA) is 146 Å². The number of aliphatic hydroxyl groups is 1. The van der Waals surface area contributed by atoms with E-state index < -0.39 is 16.4 Å². The molecule has 0 unspecified atom stereocenters. The van der Waals surface area contributed by atoms with Crippen molar-refractivity contribution in [2.75, 3.05) is 12.3 Å². The maximum atomic E-state index is 10.9. The number of nitrogens with two attached hydrogens (primary N) is 2. The van der Waals surface area contributed by atoms with Gasteiger partial charge in [0.05, 0.1) is 18.1 Å². The molecule has 10 heteroatoms. The van der Waals surface area contributed by atoms with E-state index in [0.717, 1.165) is 5.39 Å². The highest BCUT2D eigenvalue weighted by Crippen LogP contribution is 2.37. The van der Waals surface area contributed by atoms with Crippen molar-refractivity contribution in [1.29, 1.82) is 0 Å². The molecule has 0 radical (unpaired) electrons. The quantitative estimate of drug-likeness (QED) is 0.688. The SMILES string of the molecule is Nc1ncnc2c1ccn2[C@@H]1C[C@@H](COS(N)(=O)=O)[C@@H](O)C1. The second-order valence-electron chi connectivity index (χ2n) is 5.45. The molecule has 0 aliphatic heterocycles. The molecule has 0 bridgehead atoms. The fourth-order valence-electron chi connectivity index (χ4n) is 2.95. The summed E-state index contributed by atoms with van der Waals surface area (Å²) in [5.41, 5.74) is 6.50. The summed E-state index contributed by atoms with van der Waals surface area (Å²) in [6.07, 6.45) is 3.61. The first-order valence-electron chi connectivity index (χ1n) is 6.77. The smallest absolute Gasteiger partial charge is 0.333 e. The van der Waals surface area contributed by atoms with Crippen molar-refractivity contribution in [1.82, 2.24) is 14.5 Å². The van der Waals surface area contributed by atoms with E-state index in [1.165, 1.54) is 6.33 Å². The minimum atomic E-state index is -4.00. The Balaban J connectivity index is 1.80. The first kappa shape index (κ1) is 15.2. The van der Waals surface area contributed by atoms with Crippen LogP contribution in [-0.4, -0.2) is 40.8 Å². The number of nitrogen functional groups attached to an aromatic ring is 1. The highest BCUT2D eigenvalue weighted by atomic mass is 32.2. The Hall–Kier alpha value is -1.75.